The van der Waals surface area contributed by atoms with Crippen LogP contribution in [-0.2, 0) is 0 Å². The van der Waals surface area contributed by atoms with Crippen molar-refractivity contribution in [3.8, 4) is 17.2 Å². The Balaban J connectivity index is 2.34. The molecule has 0 saturated heterocycles. The van der Waals surface area contributed by atoms with Gasteiger partial charge in [-0.3, -0.25) is 0 Å². The molecule has 0 saturated carbocycles. The number of hydrogen-bond donors (Lipinski definition) is 1. The molecular formula is C18H25N3O3. The summed E-state index contributed by atoms with van der Waals surface area (Å²) in [7, 11) is 4.80. The molecule has 1 N–H and O–H groups in total. The van der Waals surface area contributed by atoms with Crippen molar-refractivity contribution in [3.63, 3.8) is 0 Å². The van der Waals surface area contributed by atoms with Gasteiger partial charge in [-0.15, -0.1) is 0 Å². The highest BCUT2D eigenvalue weighted by molar-refractivity contribution is 5.55. The number of ether oxygens (including phenoxy) is 3. The molecule has 1 aromatic carbocycles. The number of rotatable bonds is 6. The molecule has 0 amide bonds. The van der Waals surface area contributed by atoms with E-state index in [2.05, 4.69) is 15.3 Å². The Bertz CT molecular complexity index is 683. The topological polar surface area (TPSA) is 65.5 Å². The fraction of sp³-hybridized carbons (Fsp3) is 0.444. The summed E-state index contributed by atoms with van der Waals surface area (Å²) in [6, 6.07) is 3.82. The second-order valence-electron chi connectivity index (χ2n) is 5.67. The third-order valence-corrected chi connectivity index (χ3v) is 4.17. The van der Waals surface area contributed by atoms with Gasteiger partial charge in [-0.25, -0.2) is 9.97 Å². The smallest absolute Gasteiger partial charge is 0.223 e. The van der Waals surface area contributed by atoms with Crippen LogP contribution in [0, 0.1) is 20.8 Å². The quantitative estimate of drug-likeness (QED) is 0.872. The third-order valence-electron chi connectivity index (χ3n) is 4.17. The second kappa shape index (κ2) is 7.38. The predicted molar refractivity (Wildman–Crippen MR) is 94.4 cm³/mol. The summed E-state index contributed by atoms with van der Waals surface area (Å²) in [6.07, 6.45) is 0. The van der Waals surface area contributed by atoms with Crippen LogP contribution in [0.15, 0.2) is 12.1 Å². The lowest BCUT2D eigenvalue weighted by Gasteiger charge is -2.19. The molecule has 24 heavy (non-hydrogen) atoms. The van der Waals surface area contributed by atoms with Crippen molar-refractivity contribution in [2.45, 2.75) is 33.7 Å². The first-order valence-electron chi connectivity index (χ1n) is 7.79. The van der Waals surface area contributed by atoms with Gasteiger partial charge in [-0.05, 0) is 51.0 Å². The van der Waals surface area contributed by atoms with Crippen LogP contribution in [0.1, 0.15) is 35.5 Å². The van der Waals surface area contributed by atoms with Gasteiger partial charge in [0, 0.05) is 11.4 Å². The van der Waals surface area contributed by atoms with Gasteiger partial charge in [-0.2, -0.15) is 0 Å². The number of anilines is 1. The van der Waals surface area contributed by atoms with Gasteiger partial charge in [0.15, 0.2) is 11.5 Å². The largest absolute Gasteiger partial charge is 0.493 e. The molecule has 2 rings (SSSR count). The molecule has 0 bridgehead atoms. The number of benzene rings is 1. The van der Waals surface area contributed by atoms with Crippen molar-refractivity contribution >= 4 is 5.95 Å². The van der Waals surface area contributed by atoms with Crippen LogP contribution in [0.4, 0.5) is 5.95 Å². The number of hydrogen-bond acceptors (Lipinski definition) is 6. The van der Waals surface area contributed by atoms with E-state index in [9.17, 15) is 0 Å². The number of nitrogens with zero attached hydrogens (tertiary/aromatic N) is 2. The van der Waals surface area contributed by atoms with Crippen LogP contribution in [0.5, 0.6) is 17.2 Å². The van der Waals surface area contributed by atoms with Crippen molar-refractivity contribution in [2.24, 2.45) is 0 Å². The molecule has 0 aliphatic heterocycles. The van der Waals surface area contributed by atoms with Crippen molar-refractivity contribution in [1.29, 1.82) is 0 Å². The monoisotopic (exact) mass is 331 g/mol. The summed E-state index contributed by atoms with van der Waals surface area (Å²) in [6.45, 7) is 8.03. The lowest BCUT2D eigenvalue weighted by atomic mass is 10.1. The molecule has 2 aromatic rings. The zero-order chi connectivity index (χ0) is 17.9. The van der Waals surface area contributed by atoms with E-state index < -0.39 is 0 Å². The Morgan fingerprint density at radius 3 is 1.79 bits per heavy atom. The van der Waals surface area contributed by atoms with Crippen LogP contribution in [0.25, 0.3) is 0 Å². The summed E-state index contributed by atoms with van der Waals surface area (Å²) in [5.41, 5.74) is 4.05. The van der Waals surface area contributed by atoms with E-state index in [4.69, 9.17) is 14.2 Å². The molecule has 6 nitrogen and oxygen atoms in total. The Morgan fingerprint density at radius 1 is 0.875 bits per heavy atom. The Labute approximate surface area is 143 Å². The van der Waals surface area contributed by atoms with Gasteiger partial charge in [0.25, 0.3) is 0 Å². The van der Waals surface area contributed by atoms with Crippen LogP contribution in [0.3, 0.4) is 0 Å². The maximum Gasteiger partial charge on any atom is 0.223 e. The van der Waals surface area contributed by atoms with Crippen LogP contribution in [-0.4, -0.2) is 31.3 Å². The van der Waals surface area contributed by atoms with Gasteiger partial charge < -0.3 is 19.5 Å². The number of aromatic nitrogens is 2. The molecule has 0 radical (unpaired) electrons. The van der Waals surface area contributed by atoms with E-state index in [1.165, 1.54) is 0 Å². The van der Waals surface area contributed by atoms with Crippen LogP contribution < -0.4 is 19.5 Å². The molecule has 0 aliphatic rings. The Kier molecular flexibility index (Phi) is 5.49. The molecule has 130 valence electrons. The number of methoxy groups -OCH3 is 3. The van der Waals surface area contributed by atoms with E-state index >= 15 is 0 Å². The fourth-order valence-electron chi connectivity index (χ4n) is 2.47. The van der Waals surface area contributed by atoms with E-state index in [0.717, 1.165) is 22.5 Å². The fourth-order valence-corrected chi connectivity index (χ4v) is 2.47. The van der Waals surface area contributed by atoms with Crippen LogP contribution in [0.2, 0.25) is 0 Å². The molecular weight excluding hydrogens is 306 g/mol. The first-order chi connectivity index (χ1) is 11.4. The number of nitrogens with one attached hydrogen (secondary N) is 1. The molecule has 1 heterocycles. The third kappa shape index (κ3) is 3.53. The normalized spacial score (nSPS) is 11.8. The standard InChI is InChI=1S/C18H25N3O3/c1-10-11(2)19-18(20-12(10)3)21-13(4)14-8-15(22-5)17(24-7)16(9-14)23-6/h8-9,13H,1-7H3,(H,19,20,21). The highest BCUT2D eigenvalue weighted by Crippen LogP contribution is 2.40. The van der Waals surface area contributed by atoms with Crippen LogP contribution >= 0.6 is 0 Å². The summed E-state index contributed by atoms with van der Waals surface area (Å²) < 4.78 is 16.2. The van der Waals surface area contributed by atoms with Crippen molar-refractivity contribution in [1.82, 2.24) is 9.97 Å². The number of aryl methyl sites for hydroxylation is 2. The lowest BCUT2D eigenvalue weighted by molar-refractivity contribution is 0.323. The molecule has 1 aromatic heterocycles. The summed E-state index contributed by atoms with van der Waals surface area (Å²) in [5, 5.41) is 3.33. The summed E-state index contributed by atoms with van der Waals surface area (Å²) in [4.78, 5) is 9.02. The first-order valence-corrected chi connectivity index (χ1v) is 7.79. The Morgan fingerprint density at radius 2 is 1.38 bits per heavy atom. The SMILES string of the molecule is COc1cc(C(C)Nc2nc(C)c(C)c(C)n2)cc(OC)c1OC. The first kappa shape index (κ1) is 17.8. The van der Waals surface area contributed by atoms with Crippen molar-refractivity contribution < 1.29 is 14.2 Å². The minimum atomic E-state index is -0.0276. The maximum atomic E-state index is 5.41. The van der Waals surface area contributed by atoms with Crippen molar-refractivity contribution in [2.75, 3.05) is 26.6 Å². The highest BCUT2D eigenvalue weighted by Gasteiger charge is 2.17. The van der Waals surface area contributed by atoms with Crippen molar-refractivity contribution in [3.05, 3.63) is 34.6 Å². The molecule has 0 fully saturated rings. The average molecular weight is 331 g/mol. The molecule has 1 atom stereocenters. The van der Waals surface area contributed by atoms with Gasteiger partial charge in [0.1, 0.15) is 0 Å². The maximum absolute atomic E-state index is 5.41. The Hall–Kier alpha value is -2.50. The van der Waals surface area contributed by atoms with Gasteiger partial charge in [0.2, 0.25) is 11.7 Å². The minimum absolute atomic E-state index is 0.0276. The zero-order valence-corrected chi connectivity index (χ0v) is 15.4. The van der Waals surface area contributed by atoms with Gasteiger partial charge in [-0.1, -0.05) is 0 Å². The second-order valence-corrected chi connectivity index (χ2v) is 5.67. The van der Waals surface area contributed by atoms with E-state index in [0.29, 0.717) is 23.2 Å². The van der Waals surface area contributed by atoms with E-state index in [-0.39, 0.29) is 6.04 Å². The lowest BCUT2D eigenvalue weighted by Crippen LogP contribution is -2.12. The zero-order valence-electron chi connectivity index (χ0n) is 15.4. The molecule has 0 aliphatic carbocycles. The average Bonchev–Trinajstić information content (AvgIpc) is 2.57. The van der Waals surface area contributed by atoms with Gasteiger partial charge >= 0.3 is 0 Å². The minimum Gasteiger partial charge on any atom is -0.493 e. The molecule has 6 heteroatoms. The highest BCUT2D eigenvalue weighted by atomic mass is 16.5. The van der Waals surface area contributed by atoms with Gasteiger partial charge in [0.05, 0.1) is 27.4 Å². The molecule has 1 unspecified atom stereocenters. The summed E-state index contributed by atoms with van der Waals surface area (Å²) in [5.74, 6) is 2.43. The van der Waals surface area contributed by atoms with E-state index in [1.807, 2.05) is 39.8 Å². The predicted octanol–water partition coefficient (Wildman–Crippen LogP) is 3.60. The molecule has 0 spiro atoms. The van der Waals surface area contributed by atoms with E-state index in [1.54, 1.807) is 21.3 Å². The summed E-state index contributed by atoms with van der Waals surface area (Å²) >= 11 is 0.